The van der Waals surface area contributed by atoms with E-state index in [4.69, 9.17) is 0 Å². The van der Waals surface area contributed by atoms with Gasteiger partial charge in [0.2, 0.25) is 0 Å². The topological polar surface area (TPSA) is 45.0 Å². The lowest BCUT2D eigenvalue weighted by atomic mass is 10.2. The van der Waals surface area contributed by atoms with Crippen molar-refractivity contribution in [3.8, 4) is 5.75 Å². The van der Waals surface area contributed by atoms with E-state index < -0.39 is 11.7 Å². The lowest BCUT2D eigenvalue weighted by Crippen LogP contribution is -2.03. The van der Waals surface area contributed by atoms with E-state index in [-0.39, 0.29) is 5.75 Å². The largest absolute Gasteiger partial charge is 0.508 e. The molecule has 0 fully saturated rings. The number of alkyl halides is 3. The Bertz CT molecular complexity index is 804. The molecule has 0 atom stereocenters. The van der Waals surface area contributed by atoms with Crippen molar-refractivity contribution in [2.24, 2.45) is 10.2 Å². The molecule has 0 heterocycles. The third kappa shape index (κ3) is 6.47. The quantitative estimate of drug-likeness (QED) is 0.529. The van der Waals surface area contributed by atoms with Crippen molar-refractivity contribution in [1.82, 2.24) is 0 Å². The molecule has 3 aromatic carbocycles. The molecule has 0 radical (unpaired) electrons. The van der Waals surface area contributed by atoms with Crippen molar-refractivity contribution in [1.29, 1.82) is 0 Å². The molecule has 0 aliphatic carbocycles. The van der Waals surface area contributed by atoms with Gasteiger partial charge in [0.1, 0.15) is 5.75 Å². The van der Waals surface area contributed by atoms with E-state index in [2.05, 4.69) is 10.2 Å². The summed E-state index contributed by atoms with van der Waals surface area (Å²) in [5, 5.41) is 17.2. The number of hydrogen-bond donors (Lipinski definition) is 1. The number of benzene rings is 3. The van der Waals surface area contributed by atoms with Crippen molar-refractivity contribution in [3.05, 3.63) is 90.5 Å². The zero-order chi connectivity index (χ0) is 18.1. The Labute approximate surface area is 143 Å². The predicted octanol–water partition coefficient (Wildman–Crippen LogP) is 6.51. The first-order valence-electron chi connectivity index (χ1n) is 7.33. The van der Waals surface area contributed by atoms with Gasteiger partial charge in [-0.15, -0.1) is 0 Å². The molecular formula is C19H15F3N2O. The summed E-state index contributed by atoms with van der Waals surface area (Å²) in [7, 11) is 0. The van der Waals surface area contributed by atoms with Crippen LogP contribution >= 0.6 is 0 Å². The van der Waals surface area contributed by atoms with Crippen LogP contribution in [-0.2, 0) is 6.18 Å². The van der Waals surface area contributed by atoms with Crippen LogP contribution in [0.4, 0.5) is 24.5 Å². The highest BCUT2D eigenvalue weighted by atomic mass is 19.4. The Morgan fingerprint density at radius 3 is 1.68 bits per heavy atom. The van der Waals surface area contributed by atoms with Crippen LogP contribution in [0.25, 0.3) is 0 Å². The smallest absolute Gasteiger partial charge is 0.416 e. The Morgan fingerprint density at radius 1 is 0.640 bits per heavy atom. The number of phenols is 1. The van der Waals surface area contributed by atoms with Crippen LogP contribution in [0.1, 0.15) is 5.56 Å². The zero-order valence-electron chi connectivity index (χ0n) is 13.1. The molecule has 0 amide bonds. The highest BCUT2D eigenvalue weighted by Crippen LogP contribution is 2.28. The zero-order valence-corrected chi connectivity index (χ0v) is 13.1. The summed E-state index contributed by atoms with van der Waals surface area (Å²) in [6.07, 6.45) is -4.21. The summed E-state index contributed by atoms with van der Waals surface area (Å²) in [6, 6.07) is 22.5. The maximum atomic E-state index is 11.8. The van der Waals surface area contributed by atoms with Crippen molar-refractivity contribution in [2.45, 2.75) is 6.18 Å². The first kappa shape index (κ1) is 18.2. The molecule has 0 unspecified atom stereocenters. The van der Waals surface area contributed by atoms with Gasteiger partial charge < -0.3 is 5.11 Å². The number of rotatable bonds is 2. The van der Waals surface area contributed by atoms with Crippen LogP contribution in [0.5, 0.6) is 5.75 Å². The third-order valence-corrected chi connectivity index (χ3v) is 2.97. The van der Waals surface area contributed by atoms with E-state index in [9.17, 15) is 18.3 Å². The van der Waals surface area contributed by atoms with Gasteiger partial charge in [-0.1, -0.05) is 54.6 Å². The van der Waals surface area contributed by atoms with Gasteiger partial charge in [0.15, 0.2) is 0 Å². The molecule has 6 heteroatoms. The van der Waals surface area contributed by atoms with E-state index in [0.717, 1.165) is 17.8 Å². The lowest BCUT2D eigenvalue weighted by molar-refractivity contribution is -0.137. The second-order valence-corrected chi connectivity index (χ2v) is 4.92. The fourth-order valence-electron chi connectivity index (χ4n) is 1.79. The molecule has 0 saturated carbocycles. The van der Waals surface area contributed by atoms with Crippen LogP contribution in [-0.4, -0.2) is 5.11 Å². The molecule has 0 spiro atoms. The number of phenolic OH excluding ortho intramolecular Hbond substituents is 1. The van der Waals surface area contributed by atoms with Gasteiger partial charge >= 0.3 is 6.18 Å². The Balaban J connectivity index is 0.000000196. The molecule has 1 N–H and O–H groups in total. The number of halogens is 3. The summed E-state index contributed by atoms with van der Waals surface area (Å²) in [6.45, 7) is 0. The molecule has 3 nitrogen and oxygen atoms in total. The molecule has 3 aromatic rings. The van der Waals surface area contributed by atoms with Gasteiger partial charge in [-0.05, 0) is 24.3 Å². The highest BCUT2D eigenvalue weighted by molar-refractivity contribution is 5.43. The van der Waals surface area contributed by atoms with E-state index in [0.29, 0.717) is 5.69 Å². The number of azo groups is 1. The van der Waals surface area contributed by atoms with Crippen molar-refractivity contribution in [2.75, 3.05) is 0 Å². The fraction of sp³-hybridized carbons (Fsp3) is 0.0526. The summed E-state index contributed by atoms with van der Waals surface area (Å²) in [5.74, 6) is 0.194. The Hall–Kier alpha value is -3.15. The molecular weight excluding hydrogens is 329 g/mol. The molecule has 0 saturated heterocycles. The molecule has 0 aromatic heterocycles. The van der Waals surface area contributed by atoms with Crippen LogP contribution in [0.2, 0.25) is 0 Å². The summed E-state index contributed by atoms with van der Waals surface area (Å²) >= 11 is 0. The average molecular weight is 344 g/mol. The summed E-state index contributed by atoms with van der Waals surface area (Å²) in [5.41, 5.74) is 0.828. The summed E-state index contributed by atoms with van der Waals surface area (Å²) < 4.78 is 35.4. The molecule has 25 heavy (non-hydrogen) atoms. The molecule has 128 valence electrons. The van der Waals surface area contributed by atoms with Crippen LogP contribution in [0, 0.1) is 0 Å². The number of nitrogens with zero attached hydrogens (tertiary/aromatic N) is 2. The SMILES string of the molecule is FC(F)(F)c1ccccc1.Oc1cccc(N=Nc2ccccc2)c1. The third-order valence-electron chi connectivity index (χ3n) is 2.97. The number of hydrogen-bond acceptors (Lipinski definition) is 3. The Kier molecular flexibility index (Phi) is 6.28. The van der Waals surface area contributed by atoms with E-state index in [1.165, 1.54) is 12.1 Å². The maximum Gasteiger partial charge on any atom is 0.416 e. The molecule has 0 bridgehead atoms. The van der Waals surface area contributed by atoms with Crippen molar-refractivity contribution in [3.63, 3.8) is 0 Å². The van der Waals surface area contributed by atoms with Gasteiger partial charge in [-0.3, -0.25) is 0 Å². The fourth-order valence-corrected chi connectivity index (χ4v) is 1.79. The van der Waals surface area contributed by atoms with Crippen LogP contribution in [0.3, 0.4) is 0 Å². The van der Waals surface area contributed by atoms with Crippen LogP contribution in [0.15, 0.2) is 95.2 Å². The second-order valence-electron chi connectivity index (χ2n) is 4.92. The lowest BCUT2D eigenvalue weighted by Gasteiger charge is -2.03. The minimum absolute atomic E-state index is 0.194. The maximum absolute atomic E-state index is 11.8. The van der Waals surface area contributed by atoms with Gasteiger partial charge in [-0.2, -0.15) is 23.4 Å². The first-order chi connectivity index (χ1) is 11.9. The minimum Gasteiger partial charge on any atom is -0.508 e. The highest BCUT2D eigenvalue weighted by Gasteiger charge is 2.29. The number of aromatic hydroxyl groups is 1. The van der Waals surface area contributed by atoms with E-state index in [1.807, 2.05) is 30.3 Å². The monoisotopic (exact) mass is 344 g/mol. The van der Waals surface area contributed by atoms with Crippen molar-refractivity contribution < 1.29 is 18.3 Å². The van der Waals surface area contributed by atoms with Crippen LogP contribution < -0.4 is 0 Å². The normalized spacial score (nSPS) is 11.0. The minimum atomic E-state index is -4.21. The standard InChI is InChI=1S/C12H10N2O.C7H5F3/c15-12-8-4-7-11(9-12)14-13-10-5-2-1-3-6-10;8-7(9,10)6-4-2-1-3-5-6/h1-9,15H;1-5H. The van der Waals surface area contributed by atoms with Crippen molar-refractivity contribution >= 4 is 11.4 Å². The van der Waals surface area contributed by atoms with Gasteiger partial charge in [0.05, 0.1) is 16.9 Å². The van der Waals surface area contributed by atoms with Gasteiger partial charge in [0, 0.05) is 6.07 Å². The second kappa shape index (κ2) is 8.63. The van der Waals surface area contributed by atoms with Gasteiger partial charge in [-0.25, -0.2) is 0 Å². The first-order valence-corrected chi connectivity index (χ1v) is 7.33. The Morgan fingerprint density at radius 2 is 1.16 bits per heavy atom. The molecule has 3 rings (SSSR count). The van der Waals surface area contributed by atoms with E-state index in [1.54, 1.807) is 30.3 Å². The van der Waals surface area contributed by atoms with Gasteiger partial charge in [0.25, 0.3) is 0 Å². The predicted molar refractivity (Wildman–Crippen MR) is 90.2 cm³/mol. The molecule has 0 aliphatic heterocycles. The molecule has 0 aliphatic rings. The average Bonchev–Trinajstić information content (AvgIpc) is 2.62. The summed E-state index contributed by atoms with van der Waals surface area (Å²) in [4.78, 5) is 0. The van der Waals surface area contributed by atoms with E-state index >= 15 is 0 Å².